The fraction of sp³-hybridized carbons (Fsp3) is 0.263. The summed E-state index contributed by atoms with van der Waals surface area (Å²) in [5.41, 5.74) is 3.29. The number of anilines is 1. The van der Waals surface area contributed by atoms with Crippen LogP contribution in [0, 0.1) is 6.92 Å². The molecule has 1 fully saturated rings. The third-order valence-electron chi connectivity index (χ3n) is 4.54. The minimum absolute atomic E-state index is 0.104. The second-order valence-corrected chi connectivity index (χ2v) is 6.43. The number of carboxylic acid groups (broad SMARTS) is 1. The molecule has 7 nitrogen and oxygen atoms in total. The van der Waals surface area contributed by atoms with E-state index in [2.05, 4.69) is 20.1 Å². The van der Waals surface area contributed by atoms with E-state index in [9.17, 15) is 9.90 Å². The van der Waals surface area contributed by atoms with Crippen LogP contribution in [-0.4, -0.2) is 33.6 Å². The van der Waals surface area contributed by atoms with Gasteiger partial charge < -0.3 is 10.0 Å². The molecule has 0 atom stereocenters. The monoisotopic (exact) mass is 349 g/mol. The van der Waals surface area contributed by atoms with Crippen molar-refractivity contribution in [3.05, 3.63) is 53.9 Å². The predicted molar refractivity (Wildman–Crippen MR) is 99.0 cm³/mol. The van der Waals surface area contributed by atoms with Crippen molar-refractivity contribution in [3.8, 4) is 0 Å². The number of imidazole rings is 1. The van der Waals surface area contributed by atoms with Gasteiger partial charge in [0.1, 0.15) is 5.65 Å². The molecule has 1 N–H and O–H groups in total. The number of aryl methyl sites for hydroxylation is 1. The molecule has 0 radical (unpaired) electrons. The summed E-state index contributed by atoms with van der Waals surface area (Å²) in [6.07, 6.45) is 4.22. The highest BCUT2D eigenvalue weighted by molar-refractivity contribution is 5.91. The molecule has 1 saturated heterocycles. The molecule has 3 aromatic rings. The number of rotatable bonds is 4. The van der Waals surface area contributed by atoms with Crippen LogP contribution in [-0.2, 0) is 0 Å². The van der Waals surface area contributed by atoms with Crippen molar-refractivity contribution in [2.45, 2.75) is 19.8 Å². The van der Waals surface area contributed by atoms with E-state index in [4.69, 9.17) is 0 Å². The minimum atomic E-state index is -1.12. The quantitative estimate of drug-likeness (QED) is 0.710. The largest absolute Gasteiger partial charge is 0.476 e. The third kappa shape index (κ3) is 3.03. The van der Waals surface area contributed by atoms with Crippen molar-refractivity contribution in [2.75, 3.05) is 18.0 Å². The van der Waals surface area contributed by atoms with E-state index in [1.807, 2.05) is 43.3 Å². The minimum Gasteiger partial charge on any atom is -0.476 e. The number of benzene rings is 1. The zero-order chi connectivity index (χ0) is 18.1. The highest BCUT2D eigenvalue weighted by Crippen LogP contribution is 2.27. The van der Waals surface area contributed by atoms with Gasteiger partial charge in [-0.15, -0.1) is 10.2 Å². The first-order valence-electron chi connectivity index (χ1n) is 8.60. The van der Waals surface area contributed by atoms with E-state index in [0.29, 0.717) is 11.3 Å². The first-order valence-corrected chi connectivity index (χ1v) is 8.60. The van der Waals surface area contributed by atoms with Crippen molar-refractivity contribution < 1.29 is 9.90 Å². The fourth-order valence-electron chi connectivity index (χ4n) is 3.18. The fourth-order valence-corrected chi connectivity index (χ4v) is 3.18. The Morgan fingerprint density at radius 2 is 1.85 bits per heavy atom. The average molecular weight is 349 g/mol. The number of nitrogens with zero attached hydrogens (tertiary/aromatic N) is 5. The Kier molecular flexibility index (Phi) is 4.12. The van der Waals surface area contributed by atoms with E-state index in [1.165, 1.54) is 18.5 Å². The maximum Gasteiger partial charge on any atom is 0.358 e. The lowest BCUT2D eigenvalue weighted by Crippen LogP contribution is -2.17. The smallest absolute Gasteiger partial charge is 0.358 e. The average Bonchev–Trinajstić information content (AvgIpc) is 3.28. The highest BCUT2D eigenvalue weighted by atomic mass is 16.4. The van der Waals surface area contributed by atoms with Crippen LogP contribution >= 0.6 is 0 Å². The van der Waals surface area contributed by atoms with E-state index in [-0.39, 0.29) is 11.5 Å². The van der Waals surface area contributed by atoms with Gasteiger partial charge in [-0.3, -0.25) is 4.40 Å². The maximum absolute atomic E-state index is 11.5. The second-order valence-electron chi connectivity index (χ2n) is 6.43. The first-order chi connectivity index (χ1) is 12.6. The van der Waals surface area contributed by atoms with Gasteiger partial charge in [0.2, 0.25) is 0 Å². The van der Waals surface area contributed by atoms with E-state index in [0.717, 1.165) is 18.7 Å². The van der Waals surface area contributed by atoms with E-state index < -0.39 is 5.97 Å². The molecule has 26 heavy (non-hydrogen) atoms. The standard InChI is InChI=1S/C19H19N5O2/c1-13-8-11-24-16(12-13)20-17(19(25)26)18(24)22-21-14-4-6-15(7-5-14)23-9-2-3-10-23/h4-8,11-12H,2-3,9-10H2,1H3,(H,25,26). The van der Waals surface area contributed by atoms with E-state index >= 15 is 0 Å². The molecular weight excluding hydrogens is 330 g/mol. The summed E-state index contributed by atoms with van der Waals surface area (Å²) in [7, 11) is 0. The molecule has 0 amide bonds. The zero-order valence-corrected chi connectivity index (χ0v) is 14.5. The molecule has 132 valence electrons. The van der Waals surface area contributed by atoms with Gasteiger partial charge in [-0.1, -0.05) is 0 Å². The number of hydrogen-bond donors (Lipinski definition) is 1. The molecule has 1 aromatic carbocycles. The lowest BCUT2D eigenvalue weighted by atomic mass is 10.2. The zero-order valence-electron chi connectivity index (χ0n) is 14.5. The Bertz CT molecular complexity index is 985. The Morgan fingerprint density at radius 3 is 2.54 bits per heavy atom. The van der Waals surface area contributed by atoms with Gasteiger partial charge in [0.15, 0.2) is 11.5 Å². The summed E-state index contributed by atoms with van der Waals surface area (Å²) in [6, 6.07) is 11.5. The molecule has 2 aromatic heterocycles. The van der Waals surface area contributed by atoms with Crippen LogP contribution in [0.3, 0.4) is 0 Å². The van der Waals surface area contributed by atoms with Crippen LogP contribution in [0.15, 0.2) is 52.8 Å². The first kappa shape index (κ1) is 16.3. The number of aromatic carboxylic acids is 1. The molecular formula is C19H19N5O2. The normalized spacial score (nSPS) is 14.6. The number of pyridine rings is 1. The Morgan fingerprint density at radius 1 is 1.12 bits per heavy atom. The lowest BCUT2D eigenvalue weighted by Gasteiger charge is -2.17. The van der Waals surface area contributed by atoms with Gasteiger partial charge in [-0.25, -0.2) is 9.78 Å². The summed E-state index contributed by atoms with van der Waals surface area (Å²) < 4.78 is 1.64. The van der Waals surface area contributed by atoms with Crippen LogP contribution in [0.2, 0.25) is 0 Å². The van der Waals surface area contributed by atoms with Gasteiger partial charge in [0, 0.05) is 25.0 Å². The topological polar surface area (TPSA) is 82.6 Å². The predicted octanol–water partition coefficient (Wildman–Crippen LogP) is 4.36. The summed E-state index contributed by atoms with van der Waals surface area (Å²) in [4.78, 5) is 18.0. The molecule has 7 heteroatoms. The molecule has 3 heterocycles. The van der Waals surface area contributed by atoms with Gasteiger partial charge >= 0.3 is 5.97 Å². The lowest BCUT2D eigenvalue weighted by molar-refractivity contribution is 0.0692. The van der Waals surface area contributed by atoms with E-state index in [1.54, 1.807) is 10.6 Å². The summed E-state index contributed by atoms with van der Waals surface area (Å²) in [5, 5.41) is 17.8. The van der Waals surface area contributed by atoms with Crippen LogP contribution in [0.25, 0.3) is 5.65 Å². The third-order valence-corrected chi connectivity index (χ3v) is 4.54. The Hall–Kier alpha value is -3.22. The van der Waals surface area contributed by atoms with Gasteiger partial charge in [0.05, 0.1) is 5.69 Å². The van der Waals surface area contributed by atoms with Gasteiger partial charge in [-0.2, -0.15) is 0 Å². The SMILES string of the molecule is Cc1ccn2c(N=Nc3ccc(N4CCCC4)cc3)c(C(=O)O)nc2c1. The second kappa shape index (κ2) is 6.59. The summed E-state index contributed by atoms with van der Waals surface area (Å²) in [5.74, 6) is -0.902. The molecule has 0 aliphatic carbocycles. The number of carboxylic acids is 1. The van der Waals surface area contributed by atoms with Crippen molar-refractivity contribution in [1.29, 1.82) is 0 Å². The summed E-state index contributed by atoms with van der Waals surface area (Å²) in [6.45, 7) is 4.10. The van der Waals surface area contributed by atoms with Crippen molar-refractivity contribution >= 4 is 28.8 Å². The van der Waals surface area contributed by atoms with Crippen LogP contribution in [0.5, 0.6) is 0 Å². The number of aromatic nitrogens is 2. The van der Waals surface area contributed by atoms with Crippen LogP contribution < -0.4 is 4.90 Å². The maximum atomic E-state index is 11.5. The highest BCUT2D eigenvalue weighted by Gasteiger charge is 2.18. The van der Waals surface area contributed by atoms with Gasteiger partial charge in [-0.05, 0) is 61.7 Å². The molecule has 4 rings (SSSR count). The molecule has 1 aliphatic heterocycles. The number of carbonyl (C=O) groups is 1. The van der Waals surface area contributed by atoms with Crippen molar-refractivity contribution in [3.63, 3.8) is 0 Å². The Balaban J connectivity index is 1.65. The van der Waals surface area contributed by atoms with Gasteiger partial charge in [0.25, 0.3) is 0 Å². The Labute approximate surface area is 150 Å². The van der Waals surface area contributed by atoms with Crippen molar-refractivity contribution in [2.24, 2.45) is 10.2 Å². The summed E-state index contributed by atoms with van der Waals surface area (Å²) >= 11 is 0. The number of hydrogen-bond acceptors (Lipinski definition) is 5. The molecule has 1 aliphatic rings. The molecule has 0 unspecified atom stereocenters. The molecule has 0 saturated carbocycles. The van der Waals surface area contributed by atoms with Crippen molar-refractivity contribution in [1.82, 2.24) is 9.38 Å². The van der Waals surface area contributed by atoms with Crippen LogP contribution in [0.1, 0.15) is 28.9 Å². The number of azo groups is 1. The molecule has 0 bridgehead atoms. The van der Waals surface area contributed by atoms with Crippen LogP contribution in [0.4, 0.5) is 17.2 Å². The number of fused-ring (bicyclic) bond motifs is 1. The molecule has 0 spiro atoms.